The van der Waals surface area contributed by atoms with E-state index in [4.69, 9.17) is 5.73 Å². The third-order valence-corrected chi connectivity index (χ3v) is 1.04. The third-order valence-electron chi connectivity index (χ3n) is 1.04. The molecule has 0 aliphatic rings. The van der Waals surface area contributed by atoms with Crippen LogP contribution in [0.5, 0.6) is 0 Å². The minimum absolute atomic E-state index is 0.0464. The molecule has 0 fully saturated rings. The summed E-state index contributed by atoms with van der Waals surface area (Å²) in [6, 6.07) is 5.66. The van der Waals surface area contributed by atoms with Crippen molar-refractivity contribution in [3.05, 3.63) is 24.4 Å². The summed E-state index contributed by atoms with van der Waals surface area (Å²) in [6.45, 7) is 1.87. The van der Waals surface area contributed by atoms with Crippen molar-refractivity contribution < 1.29 is 0 Å². The van der Waals surface area contributed by atoms with Crippen molar-refractivity contribution in [1.29, 1.82) is 0 Å². The fourth-order valence-electron chi connectivity index (χ4n) is 0.681. The molecule has 1 heterocycles. The van der Waals surface area contributed by atoms with Crippen LogP contribution in [0.25, 0.3) is 0 Å². The summed E-state index contributed by atoms with van der Waals surface area (Å²) in [4.78, 5) is 4.03. The lowest BCUT2D eigenvalue weighted by Gasteiger charge is -2.07. The molecule has 54 valence electrons. The second-order valence-electron chi connectivity index (χ2n) is 2.15. The molecule has 0 aromatic carbocycles. The van der Waals surface area contributed by atoms with Gasteiger partial charge in [-0.25, -0.2) is 4.98 Å². The Bertz CT molecular complexity index is 183. The first-order chi connectivity index (χ1) is 4.79. The fourth-order valence-corrected chi connectivity index (χ4v) is 0.681. The number of hydrogen-bond donors (Lipinski definition) is 2. The molecular weight excluding hydrogens is 126 g/mol. The Labute approximate surface area is 60.3 Å². The summed E-state index contributed by atoms with van der Waals surface area (Å²) >= 11 is 0. The largest absolute Gasteiger partial charge is 0.355 e. The maximum absolute atomic E-state index is 5.47. The van der Waals surface area contributed by atoms with E-state index in [1.54, 1.807) is 6.20 Å². The van der Waals surface area contributed by atoms with Crippen molar-refractivity contribution in [1.82, 2.24) is 4.98 Å². The number of nitrogens with one attached hydrogen (secondary N) is 1. The van der Waals surface area contributed by atoms with Crippen LogP contribution >= 0.6 is 0 Å². The smallest absolute Gasteiger partial charge is 0.127 e. The fraction of sp³-hybridized carbons (Fsp3) is 0.286. The van der Waals surface area contributed by atoms with Crippen molar-refractivity contribution >= 4 is 5.82 Å². The van der Waals surface area contributed by atoms with Gasteiger partial charge in [-0.15, -0.1) is 0 Å². The van der Waals surface area contributed by atoms with Crippen LogP contribution in [0.1, 0.15) is 6.92 Å². The molecule has 0 aliphatic carbocycles. The van der Waals surface area contributed by atoms with Gasteiger partial charge in [0.15, 0.2) is 0 Å². The lowest BCUT2D eigenvalue weighted by atomic mass is 10.4. The Kier molecular flexibility index (Phi) is 2.23. The topological polar surface area (TPSA) is 50.9 Å². The van der Waals surface area contributed by atoms with E-state index in [9.17, 15) is 0 Å². The minimum atomic E-state index is -0.0464. The second kappa shape index (κ2) is 3.17. The highest BCUT2D eigenvalue weighted by Crippen LogP contribution is 1.98. The van der Waals surface area contributed by atoms with Crippen molar-refractivity contribution in [2.45, 2.75) is 13.1 Å². The normalized spacial score (nSPS) is 12.6. The SMILES string of the molecule is CC(N)Nc1ccccn1. The van der Waals surface area contributed by atoms with Gasteiger partial charge in [0.2, 0.25) is 0 Å². The number of pyridine rings is 1. The Balaban J connectivity index is 2.59. The molecule has 0 radical (unpaired) electrons. The van der Waals surface area contributed by atoms with Gasteiger partial charge in [-0.05, 0) is 19.1 Å². The van der Waals surface area contributed by atoms with Gasteiger partial charge in [-0.3, -0.25) is 0 Å². The number of aromatic nitrogens is 1. The van der Waals surface area contributed by atoms with E-state index in [1.807, 2.05) is 25.1 Å². The molecule has 0 saturated heterocycles. The van der Waals surface area contributed by atoms with Crippen LogP contribution in [-0.4, -0.2) is 11.1 Å². The lowest BCUT2D eigenvalue weighted by Crippen LogP contribution is -2.25. The molecular formula is C7H11N3. The van der Waals surface area contributed by atoms with Crippen LogP contribution < -0.4 is 11.1 Å². The summed E-state index contributed by atoms with van der Waals surface area (Å²) in [5.41, 5.74) is 5.47. The van der Waals surface area contributed by atoms with Crippen LogP contribution in [0.2, 0.25) is 0 Å². The average molecular weight is 137 g/mol. The quantitative estimate of drug-likeness (QED) is 0.593. The van der Waals surface area contributed by atoms with Crippen molar-refractivity contribution in [3.8, 4) is 0 Å². The van der Waals surface area contributed by atoms with Gasteiger partial charge < -0.3 is 11.1 Å². The number of hydrogen-bond acceptors (Lipinski definition) is 3. The number of nitrogens with two attached hydrogens (primary N) is 1. The predicted octanol–water partition coefficient (Wildman–Crippen LogP) is 0.798. The molecule has 0 amide bonds. The molecule has 1 rings (SSSR count). The van der Waals surface area contributed by atoms with Gasteiger partial charge in [0.05, 0.1) is 6.17 Å². The number of nitrogens with zero attached hydrogens (tertiary/aromatic N) is 1. The van der Waals surface area contributed by atoms with Gasteiger partial charge in [0, 0.05) is 6.20 Å². The molecule has 0 spiro atoms. The highest BCUT2D eigenvalue weighted by molar-refractivity contribution is 5.33. The first-order valence-corrected chi connectivity index (χ1v) is 3.22. The summed E-state index contributed by atoms with van der Waals surface area (Å²) in [5, 5.41) is 2.97. The minimum Gasteiger partial charge on any atom is -0.355 e. The first kappa shape index (κ1) is 7.02. The van der Waals surface area contributed by atoms with Gasteiger partial charge in [0.1, 0.15) is 5.82 Å². The van der Waals surface area contributed by atoms with E-state index < -0.39 is 0 Å². The Hall–Kier alpha value is -1.09. The van der Waals surface area contributed by atoms with Crippen LogP contribution in [0.3, 0.4) is 0 Å². The molecule has 0 aliphatic heterocycles. The Morgan fingerprint density at radius 3 is 2.90 bits per heavy atom. The molecule has 1 aromatic rings. The lowest BCUT2D eigenvalue weighted by molar-refractivity contribution is 0.843. The second-order valence-corrected chi connectivity index (χ2v) is 2.15. The molecule has 0 bridgehead atoms. The summed E-state index contributed by atoms with van der Waals surface area (Å²) < 4.78 is 0. The molecule has 1 aromatic heterocycles. The van der Waals surface area contributed by atoms with E-state index in [0.29, 0.717) is 0 Å². The highest BCUT2D eigenvalue weighted by Gasteiger charge is 1.92. The van der Waals surface area contributed by atoms with Gasteiger partial charge in [-0.1, -0.05) is 6.07 Å². The van der Waals surface area contributed by atoms with E-state index >= 15 is 0 Å². The van der Waals surface area contributed by atoms with Crippen molar-refractivity contribution in [3.63, 3.8) is 0 Å². The maximum Gasteiger partial charge on any atom is 0.127 e. The van der Waals surface area contributed by atoms with E-state index in [0.717, 1.165) is 5.82 Å². The van der Waals surface area contributed by atoms with Gasteiger partial charge >= 0.3 is 0 Å². The predicted molar refractivity (Wildman–Crippen MR) is 41.5 cm³/mol. The van der Waals surface area contributed by atoms with Crippen LogP contribution in [0.15, 0.2) is 24.4 Å². The Morgan fingerprint density at radius 2 is 2.40 bits per heavy atom. The third kappa shape index (κ3) is 2.03. The molecule has 1 atom stereocenters. The monoisotopic (exact) mass is 137 g/mol. The summed E-state index contributed by atoms with van der Waals surface area (Å²) in [7, 11) is 0. The molecule has 3 nitrogen and oxygen atoms in total. The Morgan fingerprint density at radius 1 is 1.60 bits per heavy atom. The zero-order valence-corrected chi connectivity index (χ0v) is 5.91. The zero-order valence-electron chi connectivity index (χ0n) is 5.91. The first-order valence-electron chi connectivity index (χ1n) is 3.22. The van der Waals surface area contributed by atoms with Gasteiger partial charge in [-0.2, -0.15) is 0 Å². The molecule has 3 heteroatoms. The van der Waals surface area contributed by atoms with Crippen molar-refractivity contribution in [2.24, 2.45) is 5.73 Å². The molecule has 1 unspecified atom stereocenters. The number of anilines is 1. The molecule has 10 heavy (non-hydrogen) atoms. The summed E-state index contributed by atoms with van der Waals surface area (Å²) in [6.07, 6.45) is 1.68. The van der Waals surface area contributed by atoms with Crippen molar-refractivity contribution in [2.75, 3.05) is 5.32 Å². The highest BCUT2D eigenvalue weighted by atomic mass is 15.1. The van der Waals surface area contributed by atoms with E-state index in [-0.39, 0.29) is 6.17 Å². The van der Waals surface area contributed by atoms with E-state index in [1.165, 1.54) is 0 Å². The van der Waals surface area contributed by atoms with Gasteiger partial charge in [0.25, 0.3) is 0 Å². The van der Waals surface area contributed by atoms with Crippen LogP contribution in [0.4, 0.5) is 5.82 Å². The summed E-state index contributed by atoms with van der Waals surface area (Å²) in [5.74, 6) is 0.817. The van der Waals surface area contributed by atoms with Crippen LogP contribution in [-0.2, 0) is 0 Å². The average Bonchev–Trinajstić information content (AvgIpc) is 1.88. The zero-order chi connectivity index (χ0) is 7.40. The molecule has 3 N–H and O–H groups in total. The van der Waals surface area contributed by atoms with Crippen LogP contribution in [0, 0.1) is 0 Å². The van der Waals surface area contributed by atoms with E-state index in [2.05, 4.69) is 10.3 Å². The maximum atomic E-state index is 5.47. The molecule has 0 saturated carbocycles. The standard InChI is InChI=1S/C7H11N3/c1-6(8)10-7-4-2-3-5-9-7/h2-6H,8H2,1H3,(H,9,10). The number of rotatable bonds is 2.